The molecule has 1 aromatic rings. The molecule has 1 saturated heterocycles. The lowest BCUT2D eigenvalue weighted by molar-refractivity contribution is -0.0741. The first-order chi connectivity index (χ1) is 16.2. The molecule has 0 amide bonds. The zero-order valence-corrected chi connectivity index (χ0v) is 20.1. The van der Waals surface area contributed by atoms with Crippen LogP contribution >= 0.6 is 7.82 Å². The molecule has 5 atom stereocenters. The third-order valence-corrected chi connectivity index (χ3v) is 5.68. The summed E-state index contributed by atoms with van der Waals surface area (Å²) in [7, 11) is -4.75. The van der Waals surface area contributed by atoms with Gasteiger partial charge in [-0.3, -0.25) is 4.52 Å². The molecule has 0 spiro atoms. The molecule has 1 aromatic heterocycles. The lowest BCUT2D eigenvalue weighted by Gasteiger charge is -2.32. The van der Waals surface area contributed by atoms with Gasteiger partial charge in [0.25, 0.3) is 0 Å². The van der Waals surface area contributed by atoms with Gasteiger partial charge in [0.05, 0.1) is 18.0 Å². The number of nitrogens with two attached hydrogens (primary N) is 1. The third-order valence-electron chi connectivity index (χ3n) is 5.23. The summed E-state index contributed by atoms with van der Waals surface area (Å²) in [4.78, 5) is 30.8. The molecule has 0 radical (unpaired) electrons. The van der Waals surface area contributed by atoms with Crippen molar-refractivity contribution in [1.29, 1.82) is 5.26 Å². The van der Waals surface area contributed by atoms with Gasteiger partial charge < -0.3 is 44.8 Å². The number of nitriles is 1. The van der Waals surface area contributed by atoms with Gasteiger partial charge in [-0.2, -0.15) is 10.4 Å². The van der Waals surface area contributed by atoms with Crippen LogP contribution in [0.4, 0.5) is 4.79 Å². The summed E-state index contributed by atoms with van der Waals surface area (Å²) >= 11 is 0. The van der Waals surface area contributed by atoms with Crippen molar-refractivity contribution in [3.8, 4) is 6.07 Å². The normalized spacial score (nSPS) is 28.5. The molecule has 2 aliphatic heterocycles. The van der Waals surface area contributed by atoms with Crippen LogP contribution in [0.3, 0.4) is 0 Å². The lowest BCUT2D eigenvalue weighted by atomic mass is 9.92. The van der Waals surface area contributed by atoms with E-state index in [1.54, 1.807) is 0 Å². The number of phosphoric acid groups is 1. The van der Waals surface area contributed by atoms with Gasteiger partial charge in [0.15, 0.2) is 0 Å². The molecule has 0 bridgehead atoms. The van der Waals surface area contributed by atoms with E-state index in [2.05, 4.69) is 9.63 Å². The molecule has 0 aromatic carbocycles. The minimum absolute atomic E-state index is 0.0293. The molecule has 3 heterocycles. The standard InChI is InChI=1S/C19H28N5O10P/c1-18(2,3)8-32-17(27)31-6-12-14(25)15(26)19(7-20,34-12)13-5-4-11-16(21)23(9-22-24(11)13)10-33-35(28,29)30/h4-5,9,12,14-16,25-26H,6,8,10,21H2,1-3H3,(H2,28,29,30)/t12-,14-,15-,16?,19+/m1/s1. The van der Waals surface area contributed by atoms with Gasteiger partial charge in [-0.1, -0.05) is 20.8 Å². The van der Waals surface area contributed by atoms with Crippen LogP contribution in [0.15, 0.2) is 17.2 Å². The summed E-state index contributed by atoms with van der Waals surface area (Å²) in [6.45, 7) is 4.61. The Hall–Kier alpha value is -2.54. The van der Waals surface area contributed by atoms with E-state index in [0.717, 1.165) is 6.34 Å². The first kappa shape index (κ1) is 27.1. The van der Waals surface area contributed by atoms with E-state index in [0.29, 0.717) is 0 Å². The van der Waals surface area contributed by atoms with E-state index in [4.69, 9.17) is 29.7 Å². The fourth-order valence-electron chi connectivity index (χ4n) is 3.48. The maximum atomic E-state index is 11.9. The minimum Gasteiger partial charge on any atom is -0.434 e. The smallest absolute Gasteiger partial charge is 0.434 e. The Morgan fingerprint density at radius 1 is 1.34 bits per heavy atom. The van der Waals surface area contributed by atoms with Crippen LogP contribution < -0.4 is 5.73 Å². The van der Waals surface area contributed by atoms with E-state index in [1.807, 2.05) is 26.8 Å². The van der Waals surface area contributed by atoms with E-state index >= 15 is 0 Å². The lowest BCUT2D eigenvalue weighted by Crippen LogP contribution is -2.43. The number of fused-ring (bicyclic) bond motifs is 1. The molecular weight excluding hydrogens is 489 g/mol. The summed E-state index contributed by atoms with van der Waals surface area (Å²) in [6.07, 6.45) is -5.44. The van der Waals surface area contributed by atoms with Crippen LogP contribution in [0, 0.1) is 16.7 Å². The van der Waals surface area contributed by atoms with Gasteiger partial charge in [0.1, 0.15) is 50.2 Å². The second-order valence-corrected chi connectivity index (χ2v) is 10.5. The Morgan fingerprint density at radius 2 is 2.03 bits per heavy atom. The zero-order valence-electron chi connectivity index (χ0n) is 19.2. The highest BCUT2D eigenvalue weighted by atomic mass is 31.2. The Labute approximate surface area is 200 Å². The Kier molecular flexibility index (Phi) is 7.61. The monoisotopic (exact) mass is 517 g/mol. The number of ether oxygens (including phenoxy) is 3. The number of aromatic nitrogens is 1. The van der Waals surface area contributed by atoms with E-state index in [-0.39, 0.29) is 23.4 Å². The second kappa shape index (κ2) is 9.84. The summed E-state index contributed by atoms with van der Waals surface area (Å²) in [5, 5.41) is 35.3. The number of phosphoric ester groups is 1. The van der Waals surface area contributed by atoms with E-state index < -0.39 is 57.4 Å². The summed E-state index contributed by atoms with van der Waals surface area (Å²) in [6, 6.07) is 4.73. The molecule has 2 aliphatic rings. The van der Waals surface area contributed by atoms with Gasteiger partial charge in [0, 0.05) is 0 Å². The number of aliphatic hydroxyl groups is 2. The van der Waals surface area contributed by atoms with Gasteiger partial charge in [-0.15, -0.1) is 0 Å². The molecule has 3 rings (SSSR count). The van der Waals surface area contributed by atoms with Crippen molar-refractivity contribution in [1.82, 2.24) is 9.58 Å². The first-order valence-corrected chi connectivity index (χ1v) is 11.9. The van der Waals surface area contributed by atoms with Gasteiger partial charge >= 0.3 is 14.0 Å². The van der Waals surface area contributed by atoms with Crippen LogP contribution in [-0.4, -0.2) is 80.3 Å². The van der Waals surface area contributed by atoms with Gasteiger partial charge in [-0.25, -0.2) is 14.0 Å². The zero-order chi connectivity index (χ0) is 26.2. The number of carbonyl (C=O) groups is 1. The number of hydrogen-bond donors (Lipinski definition) is 5. The fourth-order valence-corrected chi connectivity index (χ4v) is 3.76. The topological polar surface area (TPSA) is 222 Å². The summed E-state index contributed by atoms with van der Waals surface area (Å²) < 4.78 is 32.3. The molecule has 1 unspecified atom stereocenters. The molecule has 6 N–H and O–H groups in total. The number of rotatable bonds is 7. The number of carbonyl (C=O) groups excluding carboxylic acids is 1. The Morgan fingerprint density at radius 3 is 2.63 bits per heavy atom. The van der Waals surface area contributed by atoms with Crippen LogP contribution in [0.1, 0.15) is 38.3 Å². The average Bonchev–Trinajstić information content (AvgIpc) is 3.30. The molecule has 0 saturated carbocycles. The maximum Gasteiger partial charge on any atom is 0.508 e. The maximum absolute atomic E-state index is 11.9. The fraction of sp³-hybridized carbons (Fsp3) is 0.632. The molecule has 1 fully saturated rings. The third kappa shape index (κ3) is 5.83. The Balaban J connectivity index is 1.76. The number of nitrogens with zero attached hydrogens (tertiary/aromatic N) is 4. The molecule has 16 heteroatoms. The van der Waals surface area contributed by atoms with Crippen molar-refractivity contribution >= 4 is 20.3 Å². The van der Waals surface area contributed by atoms with Crippen LogP contribution in [0.5, 0.6) is 0 Å². The highest BCUT2D eigenvalue weighted by Crippen LogP contribution is 2.42. The van der Waals surface area contributed by atoms with Crippen molar-refractivity contribution in [2.24, 2.45) is 16.3 Å². The Bertz CT molecular complexity index is 1060. The van der Waals surface area contributed by atoms with E-state index in [9.17, 15) is 24.8 Å². The largest absolute Gasteiger partial charge is 0.508 e. The van der Waals surface area contributed by atoms with Crippen LogP contribution in [0.25, 0.3) is 0 Å². The van der Waals surface area contributed by atoms with Crippen molar-refractivity contribution < 1.29 is 48.1 Å². The second-order valence-electron chi connectivity index (χ2n) is 9.24. The first-order valence-electron chi connectivity index (χ1n) is 10.4. The average molecular weight is 517 g/mol. The van der Waals surface area contributed by atoms with Crippen LogP contribution in [0.2, 0.25) is 0 Å². The molecule has 194 valence electrons. The van der Waals surface area contributed by atoms with Gasteiger partial charge in [-0.05, 0) is 17.5 Å². The van der Waals surface area contributed by atoms with Gasteiger partial charge in [0.2, 0.25) is 5.60 Å². The van der Waals surface area contributed by atoms with Crippen molar-refractivity contribution in [2.45, 2.75) is 50.8 Å². The molecule has 0 aliphatic carbocycles. The molecule has 35 heavy (non-hydrogen) atoms. The van der Waals surface area contributed by atoms with E-state index in [1.165, 1.54) is 21.7 Å². The highest BCUT2D eigenvalue weighted by Gasteiger charge is 2.58. The summed E-state index contributed by atoms with van der Waals surface area (Å²) in [5.41, 5.74) is 4.04. The quantitative estimate of drug-likeness (QED) is 0.231. The number of hydrogen-bond acceptors (Lipinski definition) is 12. The van der Waals surface area contributed by atoms with Crippen molar-refractivity contribution in [2.75, 3.05) is 19.9 Å². The van der Waals surface area contributed by atoms with Crippen LogP contribution in [-0.2, 0) is 28.9 Å². The predicted octanol–water partition coefficient (Wildman–Crippen LogP) is -0.342. The predicted molar refractivity (Wildman–Crippen MR) is 116 cm³/mol. The van der Waals surface area contributed by atoms with Crippen molar-refractivity contribution in [3.05, 3.63) is 23.5 Å². The SMILES string of the molecule is CC(C)(C)COC(=O)OC[C@H]1O[C@@](C#N)(c2ccc3n2N=CN(COP(=O)(O)O)C3N)[C@H](O)[C@@H]1O. The minimum atomic E-state index is -4.75. The summed E-state index contributed by atoms with van der Waals surface area (Å²) in [5.74, 6) is 0. The molecule has 15 nitrogen and oxygen atoms in total. The highest BCUT2D eigenvalue weighted by molar-refractivity contribution is 7.46. The molecular formula is C19H28N5O10P. The van der Waals surface area contributed by atoms with Crippen molar-refractivity contribution in [3.63, 3.8) is 0 Å². The number of aliphatic hydroxyl groups excluding tert-OH is 2.